The third kappa shape index (κ3) is 4.32. The minimum Gasteiger partial charge on any atom is -0.469 e. The number of thioether (sulfide) groups is 1. The van der Waals surface area contributed by atoms with Gasteiger partial charge in [-0.15, -0.1) is 10.2 Å². The molecule has 26 heavy (non-hydrogen) atoms. The molecule has 0 spiro atoms. The van der Waals surface area contributed by atoms with Gasteiger partial charge in [-0.25, -0.2) is 4.39 Å². The first kappa shape index (κ1) is 18.2. The maximum atomic E-state index is 13.3. The standard InChI is InChI=1S/C18H18FN3O3S/c1-3-22(10-13-5-4-6-14(19)9-13)16(23)11-26-18-21-20-17(25-18)15-7-8-24-12(15)2/h4-9H,3,10-11H2,1-2H3. The minimum atomic E-state index is -0.312. The Labute approximate surface area is 154 Å². The number of aryl methyl sites for hydroxylation is 1. The van der Waals surface area contributed by atoms with Crippen LogP contribution in [-0.4, -0.2) is 33.3 Å². The summed E-state index contributed by atoms with van der Waals surface area (Å²) < 4.78 is 24.1. The molecule has 0 radical (unpaired) electrons. The van der Waals surface area contributed by atoms with Crippen molar-refractivity contribution in [1.29, 1.82) is 0 Å². The Hall–Kier alpha value is -2.61. The van der Waals surface area contributed by atoms with Crippen molar-refractivity contribution in [2.75, 3.05) is 12.3 Å². The van der Waals surface area contributed by atoms with Crippen molar-refractivity contribution in [3.05, 3.63) is 53.7 Å². The van der Waals surface area contributed by atoms with Crippen LogP contribution in [0.3, 0.4) is 0 Å². The number of hydrogen-bond acceptors (Lipinski definition) is 6. The van der Waals surface area contributed by atoms with Crippen LogP contribution in [0.1, 0.15) is 18.2 Å². The summed E-state index contributed by atoms with van der Waals surface area (Å²) in [5.41, 5.74) is 1.48. The predicted octanol–water partition coefficient (Wildman–Crippen LogP) is 3.92. The molecule has 0 saturated heterocycles. The highest BCUT2D eigenvalue weighted by Crippen LogP contribution is 2.26. The number of carbonyl (C=O) groups excluding carboxylic acids is 1. The van der Waals surface area contributed by atoms with Gasteiger partial charge in [-0.2, -0.15) is 0 Å². The van der Waals surface area contributed by atoms with Crippen LogP contribution in [0.4, 0.5) is 4.39 Å². The number of nitrogens with zero attached hydrogens (tertiary/aromatic N) is 3. The topological polar surface area (TPSA) is 72.4 Å². The van der Waals surface area contributed by atoms with Crippen LogP contribution in [0.25, 0.3) is 11.5 Å². The molecule has 0 unspecified atom stereocenters. The molecule has 0 aliphatic heterocycles. The van der Waals surface area contributed by atoms with E-state index in [4.69, 9.17) is 8.83 Å². The van der Waals surface area contributed by atoms with Crippen molar-refractivity contribution in [2.45, 2.75) is 25.6 Å². The average Bonchev–Trinajstić information content (AvgIpc) is 3.26. The first-order valence-electron chi connectivity index (χ1n) is 8.09. The monoisotopic (exact) mass is 375 g/mol. The minimum absolute atomic E-state index is 0.0824. The molecule has 2 heterocycles. The Morgan fingerprint density at radius 3 is 2.85 bits per heavy atom. The molecule has 0 aliphatic rings. The van der Waals surface area contributed by atoms with Gasteiger partial charge in [0.25, 0.3) is 11.1 Å². The van der Waals surface area contributed by atoms with Gasteiger partial charge in [-0.05, 0) is 37.6 Å². The van der Waals surface area contributed by atoms with Gasteiger partial charge in [-0.3, -0.25) is 4.79 Å². The Morgan fingerprint density at radius 1 is 1.31 bits per heavy atom. The largest absolute Gasteiger partial charge is 0.469 e. The molecular formula is C18H18FN3O3S. The molecule has 0 aliphatic carbocycles. The van der Waals surface area contributed by atoms with E-state index in [9.17, 15) is 9.18 Å². The van der Waals surface area contributed by atoms with Crippen LogP contribution in [-0.2, 0) is 11.3 Å². The number of rotatable bonds is 7. The summed E-state index contributed by atoms with van der Waals surface area (Å²) >= 11 is 1.17. The lowest BCUT2D eigenvalue weighted by molar-refractivity contribution is -0.128. The zero-order valence-corrected chi connectivity index (χ0v) is 15.3. The van der Waals surface area contributed by atoms with Gasteiger partial charge in [0, 0.05) is 13.1 Å². The normalized spacial score (nSPS) is 10.9. The van der Waals surface area contributed by atoms with Crippen LogP contribution >= 0.6 is 11.8 Å². The highest BCUT2D eigenvalue weighted by Gasteiger charge is 2.17. The molecule has 6 nitrogen and oxygen atoms in total. The lowest BCUT2D eigenvalue weighted by Crippen LogP contribution is -2.31. The van der Waals surface area contributed by atoms with Crippen molar-refractivity contribution in [3.63, 3.8) is 0 Å². The highest BCUT2D eigenvalue weighted by molar-refractivity contribution is 7.99. The first-order chi connectivity index (χ1) is 12.6. The second-order valence-electron chi connectivity index (χ2n) is 5.59. The van der Waals surface area contributed by atoms with Crippen molar-refractivity contribution in [2.24, 2.45) is 0 Å². The number of hydrogen-bond donors (Lipinski definition) is 0. The summed E-state index contributed by atoms with van der Waals surface area (Å²) in [7, 11) is 0. The fourth-order valence-electron chi connectivity index (χ4n) is 2.43. The van der Waals surface area contributed by atoms with Gasteiger partial charge >= 0.3 is 0 Å². The second kappa shape index (κ2) is 8.18. The SMILES string of the molecule is CCN(Cc1cccc(F)c1)C(=O)CSc1nnc(-c2ccoc2C)o1. The smallest absolute Gasteiger partial charge is 0.277 e. The van der Waals surface area contributed by atoms with Gasteiger partial charge < -0.3 is 13.7 Å². The van der Waals surface area contributed by atoms with Gasteiger partial charge in [0.05, 0.1) is 17.6 Å². The zero-order chi connectivity index (χ0) is 18.5. The van der Waals surface area contributed by atoms with Crippen LogP contribution in [0, 0.1) is 12.7 Å². The Bertz CT molecular complexity index is 893. The summed E-state index contributed by atoms with van der Waals surface area (Å²) in [6.07, 6.45) is 1.55. The molecule has 0 saturated carbocycles. The molecule has 2 aromatic heterocycles. The summed E-state index contributed by atoms with van der Waals surface area (Å²) in [6, 6.07) is 7.99. The van der Waals surface area contributed by atoms with Crippen molar-refractivity contribution in [1.82, 2.24) is 15.1 Å². The number of amides is 1. The van der Waals surface area contributed by atoms with Crippen molar-refractivity contribution < 1.29 is 18.0 Å². The third-order valence-corrected chi connectivity index (χ3v) is 4.61. The average molecular weight is 375 g/mol. The van der Waals surface area contributed by atoms with E-state index in [-0.39, 0.29) is 17.5 Å². The quantitative estimate of drug-likeness (QED) is 0.583. The summed E-state index contributed by atoms with van der Waals surface area (Å²) in [5.74, 6) is 0.816. The summed E-state index contributed by atoms with van der Waals surface area (Å²) in [5, 5.41) is 8.24. The van der Waals surface area contributed by atoms with Crippen molar-refractivity contribution in [3.8, 4) is 11.5 Å². The maximum absolute atomic E-state index is 13.3. The molecule has 136 valence electrons. The number of furan rings is 1. The van der Waals surface area contributed by atoms with Gasteiger partial charge in [0.2, 0.25) is 5.91 Å². The van der Waals surface area contributed by atoms with E-state index in [0.29, 0.717) is 30.0 Å². The predicted molar refractivity (Wildman–Crippen MR) is 95.0 cm³/mol. The number of aromatic nitrogens is 2. The number of halogens is 1. The van der Waals surface area contributed by atoms with E-state index < -0.39 is 0 Å². The Morgan fingerprint density at radius 2 is 2.15 bits per heavy atom. The molecule has 3 aromatic rings. The number of benzene rings is 1. The Kier molecular flexibility index (Phi) is 5.72. The van der Waals surface area contributed by atoms with Crippen LogP contribution in [0.2, 0.25) is 0 Å². The molecule has 0 N–H and O–H groups in total. The summed E-state index contributed by atoms with van der Waals surface area (Å²) in [4.78, 5) is 14.1. The summed E-state index contributed by atoms with van der Waals surface area (Å²) in [6.45, 7) is 4.58. The Balaban J connectivity index is 1.59. The highest BCUT2D eigenvalue weighted by atomic mass is 32.2. The second-order valence-corrected chi connectivity index (χ2v) is 6.52. The molecule has 3 rings (SSSR count). The van der Waals surface area contributed by atoms with Gasteiger partial charge in [0.15, 0.2) is 0 Å². The van der Waals surface area contributed by atoms with E-state index >= 15 is 0 Å². The zero-order valence-electron chi connectivity index (χ0n) is 14.4. The molecule has 0 fully saturated rings. The molecule has 0 bridgehead atoms. The van der Waals surface area contributed by atoms with Gasteiger partial charge in [-0.1, -0.05) is 23.9 Å². The molecule has 0 atom stereocenters. The lowest BCUT2D eigenvalue weighted by Gasteiger charge is -2.20. The third-order valence-electron chi connectivity index (χ3n) is 3.81. The first-order valence-corrected chi connectivity index (χ1v) is 9.08. The van der Waals surface area contributed by atoms with E-state index in [0.717, 1.165) is 11.1 Å². The van der Waals surface area contributed by atoms with Crippen LogP contribution in [0.5, 0.6) is 0 Å². The van der Waals surface area contributed by atoms with Crippen LogP contribution in [0.15, 0.2) is 50.7 Å². The van der Waals surface area contributed by atoms with Gasteiger partial charge in [0.1, 0.15) is 11.6 Å². The molecular weight excluding hydrogens is 357 g/mol. The lowest BCUT2D eigenvalue weighted by atomic mass is 10.2. The maximum Gasteiger partial charge on any atom is 0.277 e. The van der Waals surface area contributed by atoms with E-state index in [1.165, 1.54) is 23.9 Å². The fraction of sp³-hybridized carbons (Fsp3) is 0.278. The fourth-order valence-corrected chi connectivity index (χ4v) is 3.10. The molecule has 1 amide bonds. The van der Waals surface area contributed by atoms with E-state index in [1.807, 2.05) is 6.92 Å². The van der Waals surface area contributed by atoms with E-state index in [1.54, 1.807) is 36.3 Å². The molecule has 1 aromatic carbocycles. The van der Waals surface area contributed by atoms with Crippen molar-refractivity contribution >= 4 is 17.7 Å². The number of carbonyl (C=O) groups is 1. The van der Waals surface area contributed by atoms with E-state index in [2.05, 4.69) is 10.2 Å². The van der Waals surface area contributed by atoms with Crippen LogP contribution < -0.4 is 0 Å². The molecule has 8 heteroatoms.